The lowest BCUT2D eigenvalue weighted by molar-refractivity contribution is -0.108. The molecule has 0 heterocycles. The Morgan fingerprint density at radius 2 is 1.86 bits per heavy atom. The molecule has 2 rings (SSSR count). The van der Waals surface area contributed by atoms with Crippen LogP contribution in [0.4, 0.5) is 4.79 Å². The van der Waals surface area contributed by atoms with Gasteiger partial charge in [0.2, 0.25) is 0 Å². The maximum atomic E-state index is 12.0. The molecule has 1 amide bonds. The Hall–Kier alpha value is -2.36. The molecule has 0 spiro atoms. The average Bonchev–Trinajstić information content (AvgIpc) is 2.44. The van der Waals surface area contributed by atoms with E-state index >= 15 is 0 Å². The van der Waals surface area contributed by atoms with E-state index in [0.29, 0.717) is 0 Å². The first-order chi connectivity index (χ1) is 10.4. The molecule has 4 nitrogen and oxygen atoms in total. The summed E-state index contributed by atoms with van der Waals surface area (Å²) in [6.07, 6.45) is 0.490. The van der Waals surface area contributed by atoms with Crippen LogP contribution < -0.4 is 5.32 Å². The van der Waals surface area contributed by atoms with Crippen LogP contribution in [0.25, 0.3) is 10.8 Å². The lowest BCUT2D eigenvalue weighted by Gasteiger charge is -2.23. The first-order valence-corrected chi connectivity index (χ1v) is 7.31. The number of amides is 1. The number of hydrogen-bond donors (Lipinski definition) is 1. The van der Waals surface area contributed by atoms with Gasteiger partial charge in [-0.1, -0.05) is 42.5 Å². The number of ether oxygens (including phenoxy) is 1. The number of carbonyl (C=O) groups is 2. The van der Waals surface area contributed by atoms with Crippen LogP contribution in [0.15, 0.2) is 42.5 Å². The smallest absolute Gasteiger partial charge is 0.408 e. The molecule has 1 atom stereocenters. The fourth-order valence-corrected chi connectivity index (χ4v) is 2.36. The SMILES string of the molecule is CC(C)(C)OC(=O)N[C@H](CC=O)c1cccc2ccccc12. The van der Waals surface area contributed by atoms with Crippen LogP contribution >= 0.6 is 0 Å². The van der Waals surface area contributed by atoms with Crippen molar-refractivity contribution in [1.82, 2.24) is 5.32 Å². The summed E-state index contributed by atoms with van der Waals surface area (Å²) in [6, 6.07) is 13.3. The molecule has 0 aliphatic carbocycles. The molecule has 0 unspecified atom stereocenters. The zero-order valence-electron chi connectivity index (χ0n) is 13.1. The van der Waals surface area contributed by atoms with Crippen molar-refractivity contribution in [3.63, 3.8) is 0 Å². The van der Waals surface area contributed by atoms with Crippen LogP contribution in [-0.2, 0) is 9.53 Å². The lowest BCUT2D eigenvalue weighted by atomic mass is 9.97. The van der Waals surface area contributed by atoms with E-state index in [1.54, 1.807) is 20.8 Å². The van der Waals surface area contributed by atoms with E-state index in [4.69, 9.17) is 4.74 Å². The van der Waals surface area contributed by atoms with E-state index in [0.717, 1.165) is 22.6 Å². The van der Waals surface area contributed by atoms with Crippen molar-refractivity contribution in [3.8, 4) is 0 Å². The van der Waals surface area contributed by atoms with E-state index < -0.39 is 17.7 Å². The van der Waals surface area contributed by atoms with Crippen LogP contribution in [0, 0.1) is 0 Å². The van der Waals surface area contributed by atoms with Crippen LogP contribution in [0.5, 0.6) is 0 Å². The van der Waals surface area contributed by atoms with Crippen molar-refractivity contribution in [2.75, 3.05) is 0 Å². The second kappa shape index (κ2) is 6.60. The van der Waals surface area contributed by atoms with Gasteiger partial charge < -0.3 is 14.8 Å². The molecule has 0 saturated heterocycles. The van der Waals surface area contributed by atoms with Gasteiger partial charge in [0.1, 0.15) is 11.9 Å². The van der Waals surface area contributed by atoms with Crippen molar-refractivity contribution in [1.29, 1.82) is 0 Å². The molecule has 0 saturated carbocycles. The van der Waals surface area contributed by atoms with Gasteiger partial charge in [-0.05, 0) is 37.1 Å². The fourth-order valence-electron chi connectivity index (χ4n) is 2.36. The van der Waals surface area contributed by atoms with Gasteiger partial charge in [0.25, 0.3) is 0 Å². The van der Waals surface area contributed by atoms with Crippen molar-refractivity contribution in [2.45, 2.75) is 38.8 Å². The average molecular weight is 299 g/mol. The Morgan fingerprint density at radius 1 is 1.18 bits per heavy atom. The molecular weight excluding hydrogens is 278 g/mol. The van der Waals surface area contributed by atoms with Gasteiger partial charge in [-0.15, -0.1) is 0 Å². The van der Waals surface area contributed by atoms with Crippen molar-refractivity contribution >= 4 is 23.2 Å². The Labute approximate surface area is 130 Å². The van der Waals surface area contributed by atoms with E-state index in [-0.39, 0.29) is 6.42 Å². The summed E-state index contributed by atoms with van der Waals surface area (Å²) in [5, 5.41) is 4.88. The second-order valence-electron chi connectivity index (χ2n) is 6.17. The van der Waals surface area contributed by atoms with Crippen LogP contribution in [-0.4, -0.2) is 18.0 Å². The number of aldehydes is 1. The molecule has 22 heavy (non-hydrogen) atoms. The highest BCUT2D eigenvalue weighted by Gasteiger charge is 2.21. The van der Waals surface area contributed by atoms with Gasteiger partial charge in [-0.3, -0.25) is 0 Å². The van der Waals surface area contributed by atoms with Gasteiger partial charge in [0.05, 0.1) is 6.04 Å². The Balaban J connectivity index is 2.30. The first kappa shape index (κ1) is 16.0. The molecule has 116 valence electrons. The minimum Gasteiger partial charge on any atom is -0.444 e. The number of hydrogen-bond acceptors (Lipinski definition) is 3. The molecule has 2 aromatic rings. The van der Waals surface area contributed by atoms with Crippen LogP contribution in [0.2, 0.25) is 0 Å². The maximum Gasteiger partial charge on any atom is 0.408 e. The van der Waals surface area contributed by atoms with E-state index in [2.05, 4.69) is 5.32 Å². The molecule has 0 fully saturated rings. The summed E-state index contributed by atoms with van der Waals surface area (Å²) >= 11 is 0. The normalized spacial score (nSPS) is 12.7. The molecule has 0 aliphatic heterocycles. The lowest BCUT2D eigenvalue weighted by Crippen LogP contribution is -2.35. The van der Waals surface area contributed by atoms with Crippen LogP contribution in [0.3, 0.4) is 0 Å². The predicted molar refractivity (Wildman–Crippen MR) is 86.7 cm³/mol. The maximum absolute atomic E-state index is 12.0. The molecule has 4 heteroatoms. The standard InChI is InChI=1S/C18H21NO3/c1-18(2,3)22-17(21)19-16(11-12-20)15-10-6-8-13-7-4-5-9-14(13)15/h4-10,12,16H,11H2,1-3H3,(H,19,21)/t16-/m1/s1. The number of benzene rings is 2. The predicted octanol–water partition coefficient (Wildman–Crippen LogP) is 3.99. The largest absolute Gasteiger partial charge is 0.444 e. The molecular formula is C18H21NO3. The summed E-state index contributed by atoms with van der Waals surface area (Å²) in [7, 11) is 0. The highest BCUT2D eigenvalue weighted by molar-refractivity contribution is 5.86. The zero-order chi connectivity index (χ0) is 16.2. The second-order valence-corrected chi connectivity index (χ2v) is 6.17. The van der Waals surface area contributed by atoms with Crippen molar-refractivity contribution < 1.29 is 14.3 Å². The number of carbonyl (C=O) groups excluding carboxylic acids is 2. The van der Waals surface area contributed by atoms with E-state index in [1.807, 2.05) is 42.5 Å². The van der Waals surface area contributed by atoms with Crippen molar-refractivity contribution in [3.05, 3.63) is 48.0 Å². The molecule has 0 aromatic heterocycles. The Kier molecular flexibility index (Phi) is 4.81. The van der Waals surface area contributed by atoms with Gasteiger partial charge in [-0.25, -0.2) is 4.79 Å². The quantitative estimate of drug-likeness (QED) is 0.868. The van der Waals surface area contributed by atoms with Crippen molar-refractivity contribution in [2.24, 2.45) is 0 Å². The van der Waals surface area contributed by atoms with Gasteiger partial charge in [0.15, 0.2) is 0 Å². The number of nitrogens with one attached hydrogen (secondary N) is 1. The summed E-state index contributed by atoms with van der Waals surface area (Å²) in [6.45, 7) is 5.41. The molecule has 2 aromatic carbocycles. The molecule has 0 radical (unpaired) electrons. The number of rotatable bonds is 4. The van der Waals surface area contributed by atoms with E-state index in [1.165, 1.54) is 0 Å². The summed E-state index contributed by atoms with van der Waals surface area (Å²) in [5.41, 5.74) is 0.338. The molecule has 0 bridgehead atoms. The minimum atomic E-state index is -0.575. The van der Waals surface area contributed by atoms with Gasteiger partial charge in [-0.2, -0.15) is 0 Å². The molecule has 1 N–H and O–H groups in total. The summed E-state index contributed by atoms with van der Waals surface area (Å²) in [4.78, 5) is 23.0. The summed E-state index contributed by atoms with van der Waals surface area (Å²) in [5.74, 6) is 0. The third kappa shape index (κ3) is 4.07. The fraction of sp³-hybridized carbons (Fsp3) is 0.333. The highest BCUT2D eigenvalue weighted by atomic mass is 16.6. The van der Waals surface area contributed by atoms with Gasteiger partial charge >= 0.3 is 6.09 Å². The number of alkyl carbamates (subject to hydrolysis) is 1. The third-order valence-electron chi connectivity index (χ3n) is 3.22. The minimum absolute atomic E-state index is 0.202. The topological polar surface area (TPSA) is 55.4 Å². The highest BCUT2D eigenvalue weighted by Crippen LogP contribution is 2.26. The Bertz CT molecular complexity index is 668. The Morgan fingerprint density at radius 3 is 2.55 bits per heavy atom. The summed E-state index contributed by atoms with van der Waals surface area (Å²) < 4.78 is 5.28. The van der Waals surface area contributed by atoms with E-state index in [9.17, 15) is 9.59 Å². The van der Waals surface area contributed by atoms with Crippen LogP contribution in [0.1, 0.15) is 38.8 Å². The zero-order valence-corrected chi connectivity index (χ0v) is 13.1. The first-order valence-electron chi connectivity index (χ1n) is 7.31. The third-order valence-corrected chi connectivity index (χ3v) is 3.22. The molecule has 0 aliphatic rings. The monoisotopic (exact) mass is 299 g/mol. The number of fused-ring (bicyclic) bond motifs is 1. The van der Waals surface area contributed by atoms with Gasteiger partial charge in [0, 0.05) is 6.42 Å².